The van der Waals surface area contributed by atoms with E-state index in [0.717, 1.165) is 0 Å². The fourth-order valence-electron chi connectivity index (χ4n) is 1.39. The van der Waals surface area contributed by atoms with E-state index in [4.69, 9.17) is 5.11 Å². The first-order chi connectivity index (χ1) is 7.29. The van der Waals surface area contributed by atoms with Gasteiger partial charge in [-0.3, -0.25) is 0 Å². The minimum atomic E-state index is -0.925. The minimum Gasteiger partial charge on any atom is -0.478 e. The zero-order valence-electron chi connectivity index (χ0n) is 7.92. The highest BCUT2D eigenvalue weighted by atomic mass is 16.4. The van der Waals surface area contributed by atoms with Crippen LogP contribution in [0.4, 0.5) is 5.69 Å². The second kappa shape index (κ2) is 3.88. The van der Waals surface area contributed by atoms with Crippen LogP contribution in [-0.2, 0) is 0 Å². The molecule has 0 amide bonds. The average Bonchev–Trinajstić information content (AvgIpc) is 2.30. The van der Waals surface area contributed by atoms with E-state index in [-0.39, 0.29) is 5.56 Å². The fraction of sp³-hybridized carbons (Fsp3) is 0. The molecule has 2 N–H and O–H groups in total. The Morgan fingerprint density at radius 3 is 2.53 bits per heavy atom. The molecule has 1 aliphatic rings. The Kier molecular flexibility index (Phi) is 2.41. The van der Waals surface area contributed by atoms with E-state index >= 15 is 0 Å². The van der Waals surface area contributed by atoms with Crippen molar-refractivity contribution in [3.05, 3.63) is 54.6 Å². The predicted molar refractivity (Wildman–Crippen MR) is 57.3 cm³/mol. The van der Waals surface area contributed by atoms with E-state index < -0.39 is 5.97 Å². The van der Waals surface area contributed by atoms with Gasteiger partial charge in [0.05, 0.1) is 11.3 Å². The van der Waals surface area contributed by atoms with Crippen molar-refractivity contribution in [2.75, 3.05) is 4.90 Å². The van der Waals surface area contributed by atoms with Crippen molar-refractivity contribution in [3.8, 4) is 0 Å². The molecule has 0 saturated carbocycles. The average molecular weight is 202 g/mol. The molecule has 1 aliphatic heterocycles. The molecule has 0 aliphatic carbocycles. The molecule has 1 heterocycles. The lowest BCUT2D eigenvalue weighted by Gasteiger charge is -2.19. The van der Waals surface area contributed by atoms with Gasteiger partial charge >= 0.3 is 5.97 Å². The summed E-state index contributed by atoms with van der Waals surface area (Å²) in [6.07, 6.45) is 7.00. The molecule has 1 aromatic carbocycles. The summed E-state index contributed by atoms with van der Waals surface area (Å²) in [5.41, 5.74) is 0.938. The number of rotatable bonds is 2. The predicted octanol–water partition coefficient (Wildman–Crippen LogP) is 1.74. The van der Waals surface area contributed by atoms with Crippen molar-refractivity contribution in [1.29, 1.82) is 0 Å². The number of carboxylic acids is 1. The standard InChI is InChI=1S/C11H10N2O2/c14-11(15)9-3-1-2-4-10(9)13-7-5-12-6-8-13/h1-8,12H,(H,14,15). The molecular weight excluding hydrogens is 192 g/mol. The number of nitrogens with zero attached hydrogens (tertiary/aromatic N) is 1. The Morgan fingerprint density at radius 1 is 1.20 bits per heavy atom. The highest BCUT2D eigenvalue weighted by molar-refractivity contribution is 5.94. The lowest BCUT2D eigenvalue weighted by Crippen LogP contribution is -2.17. The van der Waals surface area contributed by atoms with Crippen LogP contribution in [0.5, 0.6) is 0 Å². The van der Waals surface area contributed by atoms with Crippen molar-refractivity contribution >= 4 is 11.7 Å². The Balaban J connectivity index is 2.42. The maximum atomic E-state index is 11.0. The molecule has 4 heteroatoms. The van der Waals surface area contributed by atoms with Crippen LogP contribution in [0.15, 0.2) is 49.1 Å². The fourth-order valence-corrected chi connectivity index (χ4v) is 1.39. The SMILES string of the molecule is O=C(O)c1ccccc1N1C=CNC=C1. The first-order valence-corrected chi connectivity index (χ1v) is 4.49. The number of carboxylic acid groups (broad SMARTS) is 1. The summed E-state index contributed by atoms with van der Waals surface area (Å²) >= 11 is 0. The van der Waals surface area contributed by atoms with E-state index in [2.05, 4.69) is 5.32 Å². The van der Waals surface area contributed by atoms with Crippen LogP contribution in [-0.4, -0.2) is 11.1 Å². The van der Waals surface area contributed by atoms with E-state index in [9.17, 15) is 4.79 Å². The summed E-state index contributed by atoms with van der Waals surface area (Å²) < 4.78 is 0. The molecule has 0 saturated heterocycles. The van der Waals surface area contributed by atoms with Crippen LogP contribution >= 0.6 is 0 Å². The third-order valence-electron chi connectivity index (χ3n) is 2.08. The molecule has 0 bridgehead atoms. The monoisotopic (exact) mass is 202 g/mol. The Bertz CT molecular complexity index is 426. The Morgan fingerprint density at radius 2 is 1.87 bits per heavy atom. The van der Waals surface area contributed by atoms with Gasteiger partial charge in [-0.2, -0.15) is 0 Å². The largest absolute Gasteiger partial charge is 0.478 e. The zero-order chi connectivity index (χ0) is 10.7. The van der Waals surface area contributed by atoms with Gasteiger partial charge in [0.1, 0.15) is 0 Å². The van der Waals surface area contributed by atoms with Gasteiger partial charge < -0.3 is 15.3 Å². The lowest BCUT2D eigenvalue weighted by molar-refractivity contribution is 0.0697. The molecular formula is C11H10N2O2. The van der Waals surface area contributed by atoms with E-state index in [0.29, 0.717) is 5.69 Å². The Hall–Kier alpha value is -2.23. The maximum Gasteiger partial charge on any atom is 0.337 e. The number of nitrogens with one attached hydrogen (secondary N) is 1. The quantitative estimate of drug-likeness (QED) is 0.767. The van der Waals surface area contributed by atoms with Crippen LogP contribution < -0.4 is 10.2 Å². The van der Waals surface area contributed by atoms with Crippen molar-refractivity contribution in [2.45, 2.75) is 0 Å². The molecule has 0 radical (unpaired) electrons. The van der Waals surface area contributed by atoms with Gasteiger partial charge in [-0.05, 0) is 12.1 Å². The lowest BCUT2D eigenvalue weighted by atomic mass is 10.1. The second-order valence-corrected chi connectivity index (χ2v) is 3.03. The minimum absolute atomic E-state index is 0.286. The van der Waals surface area contributed by atoms with Crippen LogP contribution in [0.1, 0.15) is 10.4 Å². The molecule has 0 fully saturated rings. The number of benzene rings is 1. The van der Waals surface area contributed by atoms with Gasteiger partial charge in [0.2, 0.25) is 0 Å². The van der Waals surface area contributed by atoms with Gasteiger partial charge in [0, 0.05) is 24.8 Å². The van der Waals surface area contributed by atoms with Crippen LogP contribution in [0.3, 0.4) is 0 Å². The maximum absolute atomic E-state index is 11.0. The summed E-state index contributed by atoms with van der Waals surface area (Å²) in [4.78, 5) is 12.7. The summed E-state index contributed by atoms with van der Waals surface area (Å²) in [6.45, 7) is 0. The summed E-state index contributed by atoms with van der Waals surface area (Å²) in [7, 11) is 0. The topological polar surface area (TPSA) is 52.6 Å². The van der Waals surface area contributed by atoms with Crippen LogP contribution in [0.2, 0.25) is 0 Å². The van der Waals surface area contributed by atoms with E-state index in [1.165, 1.54) is 0 Å². The van der Waals surface area contributed by atoms with Crippen LogP contribution in [0, 0.1) is 0 Å². The molecule has 15 heavy (non-hydrogen) atoms. The molecule has 4 nitrogen and oxygen atoms in total. The molecule has 1 aromatic rings. The van der Waals surface area contributed by atoms with Gasteiger partial charge in [0.25, 0.3) is 0 Å². The van der Waals surface area contributed by atoms with Gasteiger partial charge in [0.15, 0.2) is 0 Å². The first kappa shape index (κ1) is 9.33. The highest BCUT2D eigenvalue weighted by Crippen LogP contribution is 2.21. The molecule has 0 atom stereocenters. The summed E-state index contributed by atoms with van der Waals surface area (Å²) in [6, 6.07) is 6.87. The van der Waals surface area contributed by atoms with Crippen molar-refractivity contribution < 1.29 is 9.90 Å². The smallest absolute Gasteiger partial charge is 0.337 e. The number of hydrogen-bond acceptors (Lipinski definition) is 3. The zero-order valence-corrected chi connectivity index (χ0v) is 7.92. The summed E-state index contributed by atoms with van der Waals surface area (Å²) in [5, 5.41) is 11.9. The normalized spacial score (nSPS) is 13.7. The van der Waals surface area contributed by atoms with Gasteiger partial charge in [-0.1, -0.05) is 12.1 Å². The van der Waals surface area contributed by atoms with Gasteiger partial charge in [-0.15, -0.1) is 0 Å². The van der Waals surface area contributed by atoms with Crippen molar-refractivity contribution in [2.24, 2.45) is 0 Å². The molecule has 2 rings (SSSR count). The molecule has 0 unspecified atom stereocenters. The first-order valence-electron chi connectivity index (χ1n) is 4.49. The van der Waals surface area contributed by atoms with Gasteiger partial charge in [-0.25, -0.2) is 4.79 Å². The number of para-hydroxylation sites is 1. The van der Waals surface area contributed by atoms with E-state index in [1.807, 2.05) is 6.07 Å². The molecule has 76 valence electrons. The highest BCUT2D eigenvalue weighted by Gasteiger charge is 2.12. The third-order valence-corrected chi connectivity index (χ3v) is 2.08. The van der Waals surface area contributed by atoms with Crippen molar-refractivity contribution in [1.82, 2.24) is 5.32 Å². The second-order valence-electron chi connectivity index (χ2n) is 3.03. The van der Waals surface area contributed by atoms with Crippen LogP contribution in [0.25, 0.3) is 0 Å². The Labute approximate surface area is 87.1 Å². The van der Waals surface area contributed by atoms with Crippen molar-refractivity contribution in [3.63, 3.8) is 0 Å². The number of anilines is 1. The van der Waals surface area contributed by atoms with E-state index in [1.54, 1.807) is 47.9 Å². The molecule has 0 spiro atoms. The third kappa shape index (κ3) is 1.83. The summed E-state index contributed by atoms with van der Waals surface area (Å²) in [5.74, 6) is -0.925. The number of hydrogen-bond donors (Lipinski definition) is 2. The molecule has 0 aromatic heterocycles. The number of carbonyl (C=O) groups is 1. The number of aromatic carboxylic acids is 1.